The average Bonchev–Trinajstić information content (AvgIpc) is 2.57. The molecule has 0 aromatic heterocycles. The van der Waals surface area contributed by atoms with E-state index < -0.39 is 30.0 Å². The predicted octanol–water partition coefficient (Wildman–Crippen LogP) is 2.34. The topological polar surface area (TPSA) is 81.7 Å². The fourth-order valence-electron chi connectivity index (χ4n) is 2.23. The van der Waals surface area contributed by atoms with Gasteiger partial charge in [0.2, 0.25) is 0 Å². The summed E-state index contributed by atoms with van der Waals surface area (Å²) in [4.78, 5) is 35.2. The molecule has 0 radical (unpaired) electrons. The number of esters is 1. The van der Waals surface area contributed by atoms with Gasteiger partial charge in [-0.1, -0.05) is 0 Å². The van der Waals surface area contributed by atoms with Crippen molar-refractivity contribution < 1.29 is 32.6 Å². The summed E-state index contributed by atoms with van der Waals surface area (Å²) in [5, 5.41) is 2.55. The summed E-state index contributed by atoms with van der Waals surface area (Å²) < 4.78 is 36.1. The first-order valence-corrected chi connectivity index (χ1v) is 7.15. The molecule has 6 nitrogen and oxygen atoms in total. The minimum Gasteiger partial charge on any atom is -0.482 e. The number of ether oxygens (including phenoxy) is 2. The van der Waals surface area contributed by atoms with E-state index in [-0.39, 0.29) is 23.6 Å². The Kier molecular flexibility index (Phi) is 4.42. The van der Waals surface area contributed by atoms with Gasteiger partial charge in [0, 0.05) is 11.6 Å². The summed E-state index contributed by atoms with van der Waals surface area (Å²) in [7, 11) is 0. The number of hydrogen-bond acceptors (Lipinski definition) is 5. The second-order valence-corrected chi connectivity index (χ2v) is 5.21. The van der Waals surface area contributed by atoms with Gasteiger partial charge in [0.25, 0.3) is 5.91 Å². The van der Waals surface area contributed by atoms with Crippen LogP contribution in [0.1, 0.15) is 20.7 Å². The van der Waals surface area contributed by atoms with E-state index in [1.54, 1.807) is 0 Å². The van der Waals surface area contributed by atoms with Crippen molar-refractivity contribution in [2.24, 2.45) is 0 Å². The maximum Gasteiger partial charge on any atom is 0.338 e. The van der Waals surface area contributed by atoms with E-state index in [1.165, 1.54) is 18.2 Å². The molecular formula is C17H11F2NO5. The molecule has 2 aromatic rings. The maximum atomic E-state index is 13.1. The van der Waals surface area contributed by atoms with E-state index in [4.69, 9.17) is 9.47 Å². The number of halogens is 2. The molecule has 3 rings (SSSR count). The second-order valence-electron chi connectivity index (χ2n) is 5.21. The third kappa shape index (κ3) is 3.79. The zero-order valence-electron chi connectivity index (χ0n) is 12.7. The highest BCUT2D eigenvalue weighted by molar-refractivity contribution is 6.02. The number of fused-ring (bicyclic) bond motifs is 1. The zero-order valence-corrected chi connectivity index (χ0v) is 12.7. The first kappa shape index (κ1) is 16.6. The Hall–Kier alpha value is -3.29. The van der Waals surface area contributed by atoms with Crippen LogP contribution in [0.5, 0.6) is 5.75 Å². The predicted molar refractivity (Wildman–Crippen MR) is 81.5 cm³/mol. The number of ketones is 1. The lowest BCUT2D eigenvalue weighted by Crippen LogP contribution is -2.25. The third-order valence-electron chi connectivity index (χ3n) is 3.37. The largest absolute Gasteiger partial charge is 0.482 e. The van der Waals surface area contributed by atoms with Gasteiger partial charge in [-0.15, -0.1) is 0 Å². The molecule has 1 amide bonds. The van der Waals surface area contributed by atoms with Crippen molar-refractivity contribution in [3.63, 3.8) is 0 Å². The minimum absolute atomic E-state index is 0.109. The molecular weight excluding hydrogens is 336 g/mol. The molecule has 0 saturated heterocycles. The highest BCUT2D eigenvalue weighted by Crippen LogP contribution is 2.28. The van der Waals surface area contributed by atoms with Crippen LogP contribution in [0.15, 0.2) is 36.4 Å². The van der Waals surface area contributed by atoms with Crippen LogP contribution in [0.4, 0.5) is 14.5 Å². The van der Waals surface area contributed by atoms with Gasteiger partial charge in [-0.3, -0.25) is 9.59 Å². The van der Waals surface area contributed by atoms with Crippen molar-refractivity contribution in [3.05, 3.63) is 59.2 Å². The SMILES string of the molecule is O=C1COc2ccc(C(=O)COC(=O)c3cc(F)cc(F)c3)cc2N1. The molecule has 0 saturated carbocycles. The van der Waals surface area contributed by atoms with Crippen LogP contribution in [-0.2, 0) is 9.53 Å². The van der Waals surface area contributed by atoms with E-state index >= 15 is 0 Å². The summed E-state index contributed by atoms with van der Waals surface area (Å²) in [5.74, 6) is -3.36. The van der Waals surface area contributed by atoms with Gasteiger partial charge in [0.15, 0.2) is 19.0 Å². The maximum absolute atomic E-state index is 13.1. The van der Waals surface area contributed by atoms with E-state index in [1.807, 2.05) is 0 Å². The molecule has 2 aromatic carbocycles. The standard InChI is InChI=1S/C17H11F2NO5/c18-11-3-10(4-12(19)6-11)17(23)25-7-14(21)9-1-2-15-13(5-9)20-16(22)8-24-15/h1-6H,7-8H2,(H,20,22). The molecule has 0 unspecified atom stereocenters. The number of amides is 1. The van der Waals surface area contributed by atoms with E-state index in [2.05, 4.69) is 5.32 Å². The Morgan fingerprint density at radius 2 is 1.80 bits per heavy atom. The Bertz CT molecular complexity index is 861. The van der Waals surface area contributed by atoms with Gasteiger partial charge in [-0.05, 0) is 30.3 Å². The van der Waals surface area contributed by atoms with E-state index in [9.17, 15) is 23.2 Å². The molecule has 128 valence electrons. The summed E-state index contributed by atoms with van der Waals surface area (Å²) in [6.45, 7) is -0.730. The molecule has 1 N–H and O–H groups in total. The molecule has 0 aliphatic carbocycles. The number of benzene rings is 2. The molecule has 0 bridgehead atoms. The summed E-state index contributed by atoms with van der Waals surface area (Å²) >= 11 is 0. The lowest BCUT2D eigenvalue weighted by molar-refractivity contribution is -0.118. The Labute approximate surface area is 140 Å². The van der Waals surface area contributed by atoms with Gasteiger partial charge in [-0.2, -0.15) is 0 Å². The number of Topliss-reactive ketones (excluding diaryl/α,β-unsaturated/α-hetero) is 1. The fourth-order valence-corrected chi connectivity index (χ4v) is 2.23. The Morgan fingerprint density at radius 1 is 1.08 bits per heavy atom. The lowest BCUT2D eigenvalue weighted by atomic mass is 10.1. The summed E-state index contributed by atoms with van der Waals surface area (Å²) in [6, 6.07) is 6.58. The van der Waals surface area contributed by atoms with Gasteiger partial charge >= 0.3 is 5.97 Å². The molecule has 0 spiro atoms. The van der Waals surface area contributed by atoms with Gasteiger partial charge in [0.05, 0.1) is 11.3 Å². The lowest BCUT2D eigenvalue weighted by Gasteiger charge is -2.18. The zero-order chi connectivity index (χ0) is 18.0. The van der Waals surface area contributed by atoms with E-state index in [0.29, 0.717) is 17.5 Å². The highest BCUT2D eigenvalue weighted by Gasteiger charge is 2.19. The van der Waals surface area contributed by atoms with Crippen molar-refractivity contribution in [1.29, 1.82) is 0 Å². The van der Waals surface area contributed by atoms with Crippen molar-refractivity contribution in [2.75, 3.05) is 18.5 Å². The highest BCUT2D eigenvalue weighted by atomic mass is 19.1. The molecule has 0 fully saturated rings. The van der Waals surface area contributed by atoms with E-state index in [0.717, 1.165) is 12.1 Å². The number of rotatable bonds is 4. The second kappa shape index (κ2) is 6.68. The van der Waals surface area contributed by atoms with Gasteiger partial charge in [-0.25, -0.2) is 13.6 Å². The van der Waals surface area contributed by atoms with Crippen molar-refractivity contribution in [2.45, 2.75) is 0 Å². The normalized spacial score (nSPS) is 12.6. The van der Waals surface area contributed by atoms with Crippen molar-refractivity contribution >= 4 is 23.3 Å². The van der Waals surface area contributed by atoms with Crippen molar-refractivity contribution in [3.8, 4) is 5.75 Å². The Morgan fingerprint density at radius 3 is 2.52 bits per heavy atom. The third-order valence-corrected chi connectivity index (χ3v) is 3.37. The molecule has 1 heterocycles. The molecule has 0 atom stereocenters. The number of carbonyl (C=O) groups is 3. The number of hydrogen-bond donors (Lipinski definition) is 1. The van der Waals surface area contributed by atoms with Gasteiger partial charge in [0.1, 0.15) is 17.4 Å². The first-order valence-electron chi connectivity index (χ1n) is 7.15. The molecule has 1 aliphatic rings. The molecule has 1 aliphatic heterocycles. The van der Waals surface area contributed by atoms with Crippen LogP contribution in [0.3, 0.4) is 0 Å². The summed E-state index contributed by atoms with van der Waals surface area (Å²) in [5.41, 5.74) is 0.180. The smallest absolute Gasteiger partial charge is 0.338 e. The Balaban J connectivity index is 1.67. The quantitative estimate of drug-likeness (QED) is 0.678. The average molecular weight is 347 g/mol. The van der Waals surface area contributed by atoms with Crippen LogP contribution in [-0.4, -0.2) is 30.9 Å². The molecule has 8 heteroatoms. The van der Waals surface area contributed by atoms with Gasteiger partial charge < -0.3 is 14.8 Å². The minimum atomic E-state index is -1.03. The van der Waals surface area contributed by atoms with Crippen LogP contribution in [0, 0.1) is 11.6 Å². The van der Waals surface area contributed by atoms with Crippen LogP contribution in [0.2, 0.25) is 0 Å². The monoisotopic (exact) mass is 347 g/mol. The first-order chi connectivity index (χ1) is 11.9. The van der Waals surface area contributed by atoms with Crippen LogP contribution in [0.25, 0.3) is 0 Å². The molecule has 25 heavy (non-hydrogen) atoms. The number of nitrogens with one attached hydrogen (secondary N) is 1. The van der Waals surface area contributed by atoms with Crippen LogP contribution >= 0.6 is 0 Å². The van der Waals surface area contributed by atoms with Crippen molar-refractivity contribution in [1.82, 2.24) is 0 Å². The van der Waals surface area contributed by atoms with Crippen LogP contribution < -0.4 is 10.1 Å². The summed E-state index contributed by atoms with van der Waals surface area (Å²) in [6.07, 6.45) is 0. The number of carbonyl (C=O) groups excluding carboxylic acids is 3. The fraction of sp³-hybridized carbons (Fsp3) is 0.118. The number of anilines is 1.